The molecule has 0 aliphatic carbocycles. The summed E-state index contributed by atoms with van der Waals surface area (Å²) in [6.07, 6.45) is 5.32. The van der Waals surface area contributed by atoms with Crippen molar-refractivity contribution >= 4 is 5.91 Å². The van der Waals surface area contributed by atoms with Crippen LogP contribution in [-0.4, -0.2) is 41.1 Å². The molecule has 0 bridgehead atoms. The third kappa shape index (κ3) is 4.40. The number of hydrogen-bond donors (Lipinski definition) is 1. The van der Waals surface area contributed by atoms with Gasteiger partial charge in [-0.05, 0) is 24.5 Å². The van der Waals surface area contributed by atoms with Gasteiger partial charge in [-0.2, -0.15) is 0 Å². The van der Waals surface area contributed by atoms with Gasteiger partial charge in [-0.25, -0.2) is 0 Å². The molecule has 0 fully saturated rings. The molecule has 4 heteroatoms. The molecule has 1 rings (SSSR count). The van der Waals surface area contributed by atoms with Gasteiger partial charge in [0.05, 0.1) is 0 Å². The van der Waals surface area contributed by atoms with Crippen LogP contribution in [0.1, 0.15) is 18.4 Å². The van der Waals surface area contributed by atoms with Crippen molar-refractivity contribution < 1.29 is 9.90 Å². The summed E-state index contributed by atoms with van der Waals surface area (Å²) in [5, 5.41) is 8.63. The van der Waals surface area contributed by atoms with Crippen molar-refractivity contribution in [2.75, 3.05) is 20.2 Å². The van der Waals surface area contributed by atoms with Crippen LogP contribution in [0.3, 0.4) is 0 Å². The zero-order valence-electron chi connectivity index (χ0n) is 9.59. The Morgan fingerprint density at radius 2 is 2.38 bits per heavy atom. The lowest BCUT2D eigenvalue weighted by molar-refractivity contribution is -0.130. The maximum absolute atomic E-state index is 11.5. The molecule has 0 aliphatic heterocycles. The number of aromatic nitrogens is 1. The normalized spacial score (nSPS) is 10.1. The molecular formula is C12H18N2O2. The first kappa shape index (κ1) is 12.6. The van der Waals surface area contributed by atoms with Crippen LogP contribution < -0.4 is 0 Å². The van der Waals surface area contributed by atoms with E-state index in [1.807, 2.05) is 18.3 Å². The molecule has 0 unspecified atom stereocenters. The lowest BCUT2D eigenvalue weighted by atomic mass is 10.2. The Kier molecular flexibility index (Phi) is 5.50. The Bertz CT molecular complexity index is 314. The monoisotopic (exact) mass is 222 g/mol. The Hall–Kier alpha value is -1.42. The van der Waals surface area contributed by atoms with Gasteiger partial charge in [0.25, 0.3) is 0 Å². The van der Waals surface area contributed by atoms with E-state index in [9.17, 15) is 4.79 Å². The molecule has 0 radical (unpaired) electrons. The van der Waals surface area contributed by atoms with Crippen molar-refractivity contribution in [3.63, 3.8) is 0 Å². The summed E-state index contributed by atoms with van der Waals surface area (Å²) in [6.45, 7) is 0.762. The van der Waals surface area contributed by atoms with E-state index in [0.717, 1.165) is 12.0 Å². The summed E-state index contributed by atoms with van der Waals surface area (Å²) >= 11 is 0. The average Bonchev–Trinajstić information content (AvgIpc) is 2.34. The number of pyridine rings is 1. The van der Waals surface area contributed by atoms with Gasteiger partial charge in [0, 0.05) is 39.0 Å². The van der Waals surface area contributed by atoms with Gasteiger partial charge in [-0.1, -0.05) is 6.07 Å². The molecule has 1 N–H and O–H groups in total. The summed E-state index contributed by atoms with van der Waals surface area (Å²) in [6, 6.07) is 3.89. The van der Waals surface area contributed by atoms with Crippen molar-refractivity contribution in [1.29, 1.82) is 0 Å². The van der Waals surface area contributed by atoms with Gasteiger partial charge >= 0.3 is 0 Å². The minimum atomic E-state index is 0.0716. The highest BCUT2D eigenvalue weighted by molar-refractivity contribution is 5.75. The number of aliphatic hydroxyl groups excluding tert-OH is 1. The van der Waals surface area contributed by atoms with Crippen LogP contribution in [0.2, 0.25) is 0 Å². The van der Waals surface area contributed by atoms with Gasteiger partial charge in [-0.3, -0.25) is 9.78 Å². The maximum atomic E-state index is 11.5. The van der Waals surface area contributed by atoms with Crippen molar-refractivity contribution in [1.82, 2.24) is 9.88 Å². The van der Waals surface area contributed by atoms with E-state index in [1.165, 1.54) is 0 Å². The highest BCUT2D eigenvalue weighted by Crippen LogP contribution is 2.00. The molecule has 0 saturated carbocycles. The summed E-state index contributed by atoms with van der Waals surface area (Å²) in [5.41, 5.74) is 1.13. The van der Waals surface area contributed by atoms with Crippen LogP contribution in [0.4, 0.5) is 0 Å². The van der Waals surface area contributed by atoms with E-state index < -0.39 is 0 Å². The second-order valence-electron chi connectivity index (χ2n) is 3.75. The largest absolute Gasteiger partial charge is 0.396 e. The van der Waals surface area contributed by atoms with Crippen LogP contribution in [0.5, 0.6) is 0 Å². The van der Waals surface area contributed by atoms with Crippen molar-refractivity contribution in [3.8, 4) is 0 Å². The Balaban J connectivity index is 2.29. The predicted octanol–water partition coefficient (Wildman–Crippen LogP) is 0.855. The molecule has 0 atom stereocenters. The van der Waals surface area contributed by atoms with Crippen molar-refractivity contribution in [2.45, 2.75) is 19.3 Å². The predicted molar refractivity (Wildman–Crippen MR) is 61.9 cm³/mol. The second kappa shape index (κ2) is 6.95. The van der Waals surface area contributed by atoms with Gasteiger partial charge in [0.2, 0.25) is 5.91 Å². The number of rotatable bonds is 6. The standard InChI is InChI=1S/C12H18N2O2/c1-14(12(16)5-3-9-15)8-6-11-4-2-7-13-10-11/h2,4,7,10,15H,3,5-6,8-9H2,1H3. The fraction of sp³-hybridized carbons (Fsp3) is 0.500. The lowest BCUT2D eigenvalue weighted by Gasteiger charge is -2.16. The maximum Gasteiger partial charge on any atom is 0.222 e. The fourth-order valence-corrected chi connectivity index (χ4v) is 1.39. The Labute approximate surface area is 95.9 Å². The highest BCUT2D eigenvalue weighted by atomic mass is 16.3. The van der Waals surface area contributed by atoms with E-state index in [2.05, 4.69) is 4.98 Å². The zero-order chi connectivity index (χ0) is 11.8. The number of amides is 1. The molecule has 1 heterocycles. The molecule has 1 amide bonds. The molecule has 0 aromatic carbocycles. The molecule has 0 aliphatic rings. The van der Waals surface area contributed by atoms with E-state index in [1.54, 1.807) is 18.1 Å². The van der Waals surface area contributed by atoms with E-state index in [-0.39, 0.29) is 12.5 Å². The smallest absolute Gasteiger partial charge is 0.222 e. The number of carbonyl (C=O) groups is 1. The van der Waals surface area contributed by atoms with Gasteiger partial charge in [0.1, 0.15) is 0 Å². The number of carbonyl (C=O) groups excluding carboxylic acids is 1. The first-order valence-corrected chi connectivity index (χ1v) is 5.47. The van der Waals surface area contributed by atoms with Crippen LogP contribution in [0, 0.1) is 0 Å². The fourth-order valence-electron chi connectivity index (χ4n) is 1.39. The van der Waals surface area contributed by atoms with Gasteiger partial charge in [-0.15, -0.1) is 0 Å². The van der Waals surface area contributed by atoms with Gasteiger partial charge in [0.15, 0.2) is 0 Å². The third-order valence-corrected chi connectivity index (χ3v) is 2.43. The number of nitrogens with zero attached hydrogens (tertiary/aromatic N) is 2. The molecule has 4 nitrogen and oxygen atoms in total. The molecule has 1 aromatic rings. The molecule has 0 saturated heterocycles. The third-order valence-electron chi connectivity index (χ3n) is 2.43. The SMILES string of the molecule is CN(CCc1cccnc1)C(=O)CCCO. The first-order valence-electron chi connectivity index (χ1n) is 5.47. The van der Waals surface area contributed by atoms with E-state index in [0.29, 0.717) is 19.4 Å². The topological polar surface area (TPSA) is 53.4 Å². The molecule has 1 aromatic heterocycles. The first-order chi connectivity index (χ1) is 7.74. The number of aliphatic hydroxyl groups is 1. The van der Waals surface area contributed by atoms with Crippen molar-refractivity contribution in [2.24, 2.45) is 0 Å². The Morgan fingerprint density at radius 3 is 3.00 bits per heavy atom. The quantitative estimate of drug-likeness (QED) is 0.776. The van der Waals surface area contributed by atoms with E-state index in [4.69, 9.17) is 5.11 Å². The Morgan fingerprint density at radius 1 is 1.56 bits per heavy atom. The molecule has 0 spiro atoms. The van der Waals surface area contributed by atoms with Crippen molar-refractivity contribution in [3.05, 3.63) is 30.1 Å². The highest BCUT2D eigenvalue weighted by Gasteiger charge is 2.07. The molecule has 88 valence electrons. The number of hydrogen-bond acceptors (Lipinski definition) is 3. The summed E-state index contributed by atoms with van der Waals surface area (Å²) < 4.78 is 0. The summed E-state index contributed by atoms with van der Waals surface area (Å²) in [5.74, 6) is 0.0814. The van der Waals surface area contributed by atoms with Gasteiger partial charge < -0.3 is 10.0 Å². The second-order valence-corrected chi connectivity index (χ2v) is 3.75. The minimum Gasteiger partial charge on any atom is -0.396 e. The minimum absolute atomic E-state index is 0.0716. The van der Waals surface area contributed by atoms with E-state index >= 15 is 0 Å². The molecule has 16 heavy (non-hydrogen) atoms. The summed E-state index contributed by atoms with van der Waals surface area (Å²) in [7, 11) is 1.79. The molecular weight excluding hydrogens is 204 g/mol. The van der Waals surface area contributed by atoms with Crippen LogP contribution in [0.25, 0.3) is 0 Å². The zero-order valence-corrected chi connectivity index (χ0v) is 9.59. The lowest BCUT2D eigenvalue weighted by Crippen LogP contribution is -2.28. The van der Waals surface area contributed by atoms with Crippen LogP contribution in [-0.2, 0) is 11.2 Å². The number of likely N-dealkylation sites (N-methyl/N-ethyl adjacent to an activating group) is 1. The average molecular weight is 222 g/mol. The van der Waals surface area contributed by atoms with Crippen LogP contribution >= 0.6 is 0 Å². The van der Waals surface area contributed by atoms with Crippen LogP contribution in [0.15, 0.2) is 24.5 Å². The summed E-state index contributed by atoms with van der Waals surface area (Å²) in [4.78, 5) is 17.2.